The number of nitrogens with two attached hydrogens (primary N) is 1. The van der Waals surface area contributed by atoms with Crippen molar-refractivity contribution in [3.8, 4) is 0 Å². The summed E-state index contributed by atoms with van der Waals surface area (Å²) in [6.07, 6.45) is 2.26. The molecule has 2 heterocycles. The Labute approximate surface area is 171 Å². The molecule has 1 saturated carbocycles. The summed E-state index contributed by atoms with van der Waals surface area (Å²) in [7, 11) is 0. The lowest BCUT2D eigenvalue weighted by Crippen LogP contribution is -2.41. The van der Waals surface area contributed by atoms with Crippen LogP contribution in [0.3, 0.4) is 0 Å². The van der Waals surface area contributed by atoms with Crippen LogP contribution < -0.4 is 21.9 Å². The van der Waals surface area contributed by atoms with E-state index in [0.717, 1.165) is 12.8 Å². The monoisotopic (exact) mass is 424 g/mol. The van der Waals surface area contributed by atoms with Crippen LogP contribution in [-0.2, 0) is 0 Å². The SMILES string of the molecule is Cc1c(F)c(N2CCC(C(N)C(CF)CF)C2)c(C)c2c1c(=O)[nH]c(=O)n2C1CC1. The van der Waals surface area contributed by atoms with Crippen molar-refractivity contribution in [1.82, 2.24) is 9.55 Å². The molecule has 2 fully saturated rings. The van der Waals surface area contributed by atoms with E-state index in [4.69, 9.17) is 5.73 Å². The first-order valence-electron chi connectivity index (χ1n) is 10.4. The molecule has 6 nitrogen and oxygen atoms in total. The van der Waals surface area contributed by atoms with Gasteiger partial charge in [0.1, 0.15) is 0 Å². The van der Waals surface area contributed by atoms with Crippen molar-refractivity contribution in [3.05, 3.63) is 37.8 Å². The molecule has 0 spiro atoms. The number of halogens is 3. The van der Waals surface area contributed by atoms with Crippen LogP contribution in [0.25, 0.3) is 10.9 Å². The zero-order chi connectivity index (χ0) is 21.7. The van der Waals surface area contributed by atoms with Crippen molar-refractivity contribution in [2.24, 2.45) is 17.6 Å². The molecule has 1 aliphatic carbocycles. The first-order chi connectivity index (χ1) is 14.3. The second-order valence-electron chi connectivity index (χ2n) is 8.64. The average Bonchev–Trinajstić information content (AvgIpc) is 3.43. The van der Waals surface area contributed by atoms with Gasteiger partial charge < -0.3 is 10.6 Å². The number of hydrogen-bond acceptors (Lipinski definition) is 4. The third-order valence-corrected chi connectivity index (χ3v) is 6.70. The fourth-order valence-corrected chi connectivity index (χ4v) is 4.82. The first-order valence-corrected chi connectivity index (χ1v) is 10.4. The molecule has 0 radical (unpaired) electrons. The van der Waals surface area contributed by atoms with Gasteiger partial charge in [-0.2, -0.15) is 0 Å². The lowest BCUT2D eigenvalue weighted by atomic mass is 9.90. The molecule has 9 heteroatoms. The van der Waals surface area contributed by atoms with Gasteiger partial charge in [-0.3, -0.25) is 23.1 Å². The number of benzene rings is 1. The second kappa shape index (κ2) is 7.76. The molecule has 2 aromatic rings. The van der Waals surface area contributed by atoms with Crippen LogP contribution in [0.1, 0.15) is 36.4 Å². The minimum Gasteiger partial charge on any atom is -0.369 e. The van der Waals surface area contributed by atoms with Crippen molar-refractivity contribution >= 4 is 16.6 Å². The standard InChI is InChI=1S/C21H27F3N4O2/c1-10-15-18(28(14-3-4-14)21(30)26-20(15)29)11(2)19(16(10)24)27-6-5-12(9-27)17(25)13(7-22)8-23/h12-14,17H,3-9,25H2,1-2H3,(H,26,29,30). The minimum absolute atomic E-state index is 0.00266. The Kier molecular flexibility index (Phi) is 5.42. The van der Waals surface area contributed by atoms with E-state index >= 15 is 4.39 Å². The predicted octanol–water partition coefficient (Wildman–Crippen LogP) is 2.49. The van der Waals surface area contributed by atoms with Gasteiger partial charge in [-0.05, 0) is 39.0 Å². The highest BCUT2D eigenvalue weighted by atomic mass is 19.1. The van der Waals surface area contributed by atoms with Gasteiger partial charge in [0, 0.05) is 42.2 Å². The van der Waals surface area contributed by atoms with Gasteiger partial charge in [0.2, 0.25) is 0 Å². The van der Waals surface area contributed by atoms with Crippen LogP contribution in [-0.4, -0.2) is 42.0 Å². The van der Waals surface area contributed by atoms with Crippen LogP contribution in [0.4, 0.5) is 18.9 Å². The predicted molar refractivity (Wildman–Crippen MR) is 110 cm³/mol. The summed E-state index contributed by atoms with van der Waals surface area (Å²) in [5.41, 5.74) is 6.57. The summed E-state index contributed by atoms with van der Waals surface area (Å²) in [5, 5.41) is 0.197. The van der Waals surface area contributed by atoms with Gasteiger partial charge in [0.05, 0.1) is 29.9 Å². The minimum atomic E-state index is -0.863. The molecule has 2 atom stereocenters. The third-order valence-electron chi connectivity index (χ3n) is 6.70. The zero-order valence-electron chi connectivity index (χ0n) is 17.2. The van der Waals surface area contributed by atoms with E-state index in [1.54, 1.807) is 18.4 Å². The number of nitrogens with one attached hydrogen (secondary N) is 1. The summed E-state index contributed by atoms with van der Waals surface area (Å²) in [6.45, 7) is 2.47. The Morgan fingerprint density at radius 3 is 2.40 bits per heavy atom. The second-order valence-corrected chi connectivity index (χ2v) is 8.64. The van der Waals surface area contributed by atoms with Crippen LogP contribution >= 0.6 is 0 Å². The fraction of sp³-hybridized carbons (Fsp3) is 0.619. The number of H-pyrrole nitrogens is 1. The van der Waals surface area contributed by atoms with Gasteiger partial charge in [-0.15, -0.1) is 0 Å². The Bertz CT molecular complexity index is 1090. The van der Waals surface area contributed by atoms with Crippen LogP contribution in [0, 0.1) is 31.5 Å². The topological polar surface area (TPSA) is 84.1 Å². The molecule has 1 saturated heterocycles. The number of rotatable bonds is 6. The number of aromatic nitrogens is 2. The van der Waals surface area contributed by atoms with Crippen molar-refractivity contribution in [1.29, 1.82) is 0 Å². The Balaban J connectivity index is 1.82. The van der Waals surface area contributed by atoms with E-state index in [1.807, 2.05) is 4.90 Å². The summed E-state index contributed by atoms with van der Waals surface area (Å²) in [4.78, 5) is 29.2. The number of aromatic amines is 1. The maximum absolute atomic E-state index is 15.5. The molecule has 0 bridgehead atoms. The van der Waals surface area contributed by atoms with E-state index in [1.165, 1.54) is 0 Å². The number of anilines is 1. The van der Waals surface area contributed by atoms with Gasteiger partial charge in [0.15, 0.2) is 5.82 Å². The average molecular weight is 424 g/mol. The molecule has 2 aliphatic rings. The maximum Gasteiger partial charge on any atom is 0.329 e. The maximum atomic E-state index is 15.5. The highest BCUT2D eigenvalue weighted by molar-refractivity contribution is 5.90. The van der Waals surface area contributed by atoms with Crippen molar-refractivity contribution in [2.45, 2.75) is 45.2 Å². The summed E-state index contributed by atoms with van der Waals surface area (Å²) in [5.74, 6) is -1.54. The molecule has 30 heavy (non-hydrogen) atoms. The summed E-state index contributed by atoms with van der Waals surface area (Å²) >= 11 is 0. The third kappa shape index (κ3) is 3.23. The van der Waals surface area contributed by atoms with Crippen LogP contribution in [0.2, 0.25) is 0 Å². The smallest absolute Gasteiger partial charge is 0.329 e. The van der Waals surface area contributed by atoms with E-state index in [2.05, 4.69) is 4.98 Å². The molecule has 164 valence electrons. The molecular formula is C21H27F3N4O2. The summed E-state index contributed by atoms with van der Waals surface area (Å²) < 4.78 is 43.2. The van der Waals surface area contributed by atoms with Crippen molar-refractivity contribution in [2.75, 3.05) is 31.3 Å². The highest BCUT2D eigenvalue weighted by Gasteiger charge is 2.36. The lowest BCUT2D eigenvalue weighted by Gasteiger charge is -2.27. The van der Waals surface area contributed by atoms with E-state index in [0.29, 0.717) is 36.3 Å². The number of hydrogen-bond donors (Lipinski definition) is 2. The number of fused-ring (bicyclic) bond motifs is 1. The normalized spacial score (nSPS) is 20.5. The molecule has 3 N–H and O–H groups in total. The highest BCUT2D eigenvalue weighted by Crippen LogP contribution is 2.40. The molecule has 1 aliphatic heterocycles. The summed E-state index contributed by atoms with van der Waals surface area (Å²) in [6, 6.07) is -0.648. The number of aryl methyl sites for hydroxylation is 2. The van der Waals surface area contributed by atoms with Gasteiger partial charge in [-0.1, -0.05) is 0 Å². The fourth-order valence-electron chi connectivity index (χ4n) is 4.82. The lowest BCUT2D eigenvalue weighted by molar-refractivity contribution is 0.217. The molecule has 1 aromatic carbocycles. The quantitative estimate of drug-likeness (QED) is 0.746. The molecule has 4 rings (SSSR count). The molecule has 2 unspecified atom stereocenters. The van der Waals surface area contributed by atoms with Crippen LogP contribution in [0.5, 0.6) is 0 Å². The first kappa shape index (κ1) is 21.0. The van der Waals surface area contributed by atoms with Gasteiger partial charge in [-0.25, -0.2) is 9.18 Å². The van der Waals surface area contributed by atoms with Crippen LogP contribution in [0.15, 0.2) is 9.59 Å². The van der Waals surface area contributed by atoms with Gasteiger partial charge >= 0.3 is 5.69 Å². The number of alkyl halides is 2. The molecule has 0 amide bonds. The molecule has 1 aromatic heterocycles. The Morgan fingerprint density at radius 2 is 1.80 bits per heavy atom. The van der Waals surface area contributed by atoms with E-state index < -0.39 is 42.4 Å². The van der Waals surface area contributed by atoms with Gasteiger partial charge in [0.25, 0.3) is 5.56 Å². The van der Waals surface area contributed by atoms with E-state index in [-0.39, 0.29) is 22.9 Å². The Morgan fingerprint density at radius 1 is 1.13 bits per heavy atom. The van der Waals surface area contributed by atoms with Crippen molar-refractivity contribution < 1.29 is 13.2 Å². The molecular weight excluding hydrogens is 397 g/mol. The number of nitrogens with zero attached hydrogens (tertiary/aromatic N) is 2. The van der Waals surface area contributed by atoms with Crippen molar-refractivity contribution in [3.63, 3.8) is 0 Å². The largest absolute Gasteiger partial charge is 0.369 e. The van der Waals surface area contributed by atoms with E-state index in [9.17, 15) is 18.4 Å². The Hall–Kier alpha value is -2.29. The zero-order valence-corrected chi connectivity index (χ0v) is 17.2.